The van der Waals surface area contributed by atoms with Gasteiger partial charge in [-0.15, -0.1) is 0 Å². The van der Waals surface area contributed by atoms with Crippen LogP contribution >= 0.6 is 0 Å². The smallest absolute Gasteiger partial charge is 0.134 e. The largest absolute Gasteiger partial charge is 0.459 e. The second-order valence-corrected chi connectivity index (χ2v) is 4.76. The summed E-state index contributed by atoms with van der Waals surface area (Å²) in [6, 6.07) is 10.0. The highest BCUT2D eigenvalue weighted by atomic mass is 16.5. The fraction of sp³-hybridized carbons (Fsp3) is 0.429. The Labute approximate surface area is 101 Å². The van der Waals surface area contributed by atoms with Crippen molar-refractivity contribution in [1.82, 2.24) is 0 Å². The van der Waals surface area contributed by atoms with Gasteiger partial charge in [0.2, 0.25) is 0 Å². The minimum absolute atomic E-state index is 0.0194. The molecule has 0 bridgehead atoms. The van der Waals surface area contributed by atoms with Crippen LogP contribution in [-0.4, -0.2) is 13.2 Å². The number of para-hydroxylation sites is 1. The minimum Gasteiger partial charge on any atom is -0.459 e. The zero-order chi connectivity index (χ0) is 11.7. The third-order valence-electron chi connectivity index (χ3n) is 3.42. The van der Waals surface area contributed by atoms with Crippen molar-refractivity contribution in [2.24, 2.45) is 11.7 Å². The normalized spacial score (nSPS) is 22.1. The van der Waals surface area contributed by atoms with Gasteiger partial charge in [-0.3, -0.25) is 0 Å². The quantitative estimate of drug-likeness (QED) is 0.883. The van der Waals surface area contributed by atoms with Gasteiger partial charge in [0, 0.05) is 18.6 Å². The lowest BCUT2D eigenvalue weighted by Gasteiger charge is -2.12. The van der Waals surface area contributed by atoms with Crippen molar-refractivity contribution in [3.63, 3.8) is 0 Å². The number of ether oxygens (including phenoxy) is 1. The molecular weight excluding hydrogens is 214 g/mol. The zero-order valence-electron chi connectivity index (χ0n) is 9.76. The third-order valence-corrected chi connectivity index (χ3v) is 3.42. The van der Waals surface area contributed by atoms with Crippen LogP contribution in [0.25, 0.3) is 11.0 Å². The Morgan fingerprint density at radius 3 is 3.00 bits per heavy atom. The summed E-state index contributed by atoms with van der Waals surface area (Å²) in [5, 5.41) is 1.13. The van der Waals surface area contributed by atoms with Gasteiger partial charge in [-0.1, -0.05) is 18.2 Å². The molecule has 2 heterocycles. The van der Waals surface area contributed by atoms with Crippen molar-refractivity contribution >= 4 is 11.0 Å². The summed E-state index contributed by atoms with van der Waals surface area (Å²) in [7, 11) is 0. The lowest BCUT2D eigenvalue weighted by atomic mass is 9.98. The van der Waals surface area contributed by atoms with E-state index in [1.54, 1.807) is 0 Å². The minimum atomic E-state index is -0.0194. The van der Waals surface area contributed by atoms with Gasteiger partial charge >= 0.3 is 0 Å². The third kappa shape index (κ3) is 2.21. The van der Waals surface area contributed by atoms with E-state index in [-0.39, 0.29) is 6.04 Å². The average molecular weight is 231 g/mol. The molecule has 0 amide bonds. The summed E-state index contributed by atoms with van der Waals surface area (Å²) >= 11 is 0. The number of rotatable bonds is 3. The standard InChI is InChI=1S/C14H17NO2/c15-12(7-10-5-6-16-9-10)14-8-11-3-1-2-4-13(11)17-14/h1-4,8,10,12H,5-7,9,15H2. The van der Waals surface area contributed by atoms with Crippen LogP contribution in [0.5, 0.6) is 0 Å². The zero-order valence-corrected chi connectivity index (χ0v) is 9.76. The topological polar surface area (TPSA) is 48.4 Å². The van der Waals surface area contributed by atoms with Crippen molar-refractivity contribution in [2.45, 2.75) is 18.9 Å². The SMILES string of the molecule is NC(CC1CCOC1)c1cc2ccccc2o1. The first-order valence-corrected chi connectivity index (χ1v) is 6.15. The number of benzene rings is 1. The molecule has 0 saturated carbocycles. The van der Waals surface area contributed by atoms with Gasteiger partial charge in [-0.05, 0) is 30.9 Å². The molecule has 1 aromatic heterocycles. The number of fused-ring (bicyclic) bond motifs is 1. The molecule has 90 valence electrons. The van der Waals surface area contributed by atoms with Crippen molar-refractivity contribution < 1.29 is 9.15 Å². The van der Waals surface area contributed by atoms with Crippen molar-refractivity contribution in [1.29, 1.82) is 0 Å². The van der Waals surface area contributed by atoms with Crippen LogP contribution in [0.3, 0.4) is 0 Å². The van der Waals surface area contributed by atoms with E-state index in [4.69, 9.17) is 14.9 Å². The number of hydrogen-bond acceptors (Lipinski definition) is 3. The van der Waals surface area contributed by atoms with Gasteiger partial charge in [0.05, 0.1) is 6.04 Å². The van der Waals surface area contributed by atoms with Crippen molar-refractivity contribution in [3.8, 4) is 0 Å². The first-order valence-electron chi connectivity index (χ1n) is 6.15. The molecule has 1 aromatic carbocycles. The fourth-order valence-corrected chi connectivity index (χ4v) is 2.43. The molecule has 1 aliphatic heterocycles. The number of nitrogens with two attached hydrogens (primary N) is 1. The lowest BCUT2D eigenvalue weighted by Crippen LogP contribution is -2.14. The fourth-order valence-electron chi connectivity index (χ4n) is 2.43. The second-order valence-electron chi connectivity index (χ2n) is 4.76. The number of hydrogen-bond donors (Lipinski definition) is 1. The van der Waals surface area contributed by atoms with Gasteiger partial charge in [0.25, 0.3) is 0 Å². The molecule has 3 nitrogen and oxygen atoms in total. The van der Waals surface area contributed by atoms with E-state index in [0.717, 1.165) is 42.8 Å². The summed E-state index contributed by atoms with van der Waals surface area (Å²) < 4.78 is 11.1. The van der Waals surface area contributed by atoms with Crippen molar-refractivity contribution in [3.05, 3.63) is 36.1 Å². The molecule has 2 N–H and O–H groups in total. The predicted octanol–water partition coefficient (Wildman–Crippen LogP) is 2.86. The van der Waals surface area contributed by atoms with Gasteiger partial charge in [-0.25, -0.2) is 0 Å². The monoisotopic (exact) mass is 231 g/mol. The average Bonchev–Trinajstić information content (AvgIpc) is 2.96. The molecule has 2 aromatic rings. The molecule has 0 aliphatic carbocycles. The summed E-state index contributed by atoms with van der Waals surface area (Å²) in [6.07, 6.45) is 2.06. The van der Waals surface area contributed by atoms with E-state index in [1.807, 2.05) is 24.3 Å². The Kier molecular flexibility index (Phi) is 2.87. The Hall–Kier alpha value is -1.32. The van der Waals surface area contributed by atoms with Crippen LogP contribution in [-0.2, 0) is 4.74 Å². The first kappa shape index (κ1) is 10.8. The van der Waals surface area contributed by atoms with Crippen LogP contribution in [0.1, 0.15) is 24.6 Å². The molecule has 1 fully saturated rings. The Morgan fingerprint density at radius 1 is 1.35 bits per heavy atom. The van der Waals surface area contributed by atoms with Crippen LogP contribution in [0, 0.1) is 5.92 Å². The maximum absolute atomic E-state index is 6.19. The van der Waals surface area contributed by atoms with Gasteiger partial charge < -0.3 is 14.9 Å². The molecule has 3 rings (SSSR count). The molecule has 1 aliphatic rings. The Balaban J connectivity index is 1.77. The molecule has 1 saturated heterocycles. The molecular formula is C14H17NO2. The van der Waals surface area contributed by atoms with Crippen molar-refractivity contribution in [2.75, 3.05) is 13.2 Å². The highest BCUT2D eigenvalue weighted by molar-refractivity contribution is 5.77. The van der Waals surface area contributed by atoms with E-state index >= 15 is 0 Å². The van der Waals surface area contributed by atoms with E-state index < -0.39 is 0 Å². The van der Waals surface area contributed by atoms with Gasteiger partial charge in [0.1, 0.15) is 11.3 Å². The molecule has 0 radical (unpaired) electrons. The summed E-state index contributed by atoms with van der Waals surface area (Å²) in [5.41, 5.74) is 7.11. The van der Waals surface area contributed by atoms with E-state index in [0.29, 0.717) is 5.92 Å². The maximum atomic E-state index is 6.19. The molecule has 2 atom stereocenters. The molecule has 3 heteroatoms. The first-order chi connectivity index (χ1) is 8.33. The van der Waals surface area contributed by atoms with Crippen LogP contribution in [0.2, 0.25) is 0 Å². The van der Waals surface area contributed by atoms with Crippen LogP contribution in [0.15, 0.2) is 34.7 Å². The number of furan rings is 1. The highest BCUT2D eigenvalue weighted by Crippen LogP contribution is 2.28. The lowest BCUT2D eigenvalue weighted by molar-refractivity contribution is 0.182. The maximum Gasteiger partial charge on any atom is 0.134 e. The molecule has 0 spiro atoms. The van der Waals surface area contributed by atoms with E-state index in [1.165, 1.54) is 0 Å². The summed E-state index contributed by atoms with van der Waals surface area (Å²) in [5.74, 6) is 1.47. The summed E-state index contributed by atoms with van der Waals surface area (Å²) in [4.78, 5) is 0. The van der Waals surface area contributed by atoms with E-state index in [9.17, 15) is 0 Å². The Bertz CT molecular complexity index is 467. The van der Waals surface area contributed by atoms with Gasteiger partial charge in [-0.2, -0.15) is 0 Å². The van der Waals surface area contributed by atoms with E-state index in [2.05, 4.69) is 6.07 Å². The predicted molar refractivity (Wildman–Crippen MR) is 66.7 cm³/mol. The summed E-state index contributed by atoms with van der Waals surface area (Å²) in [6.45, 7) is 1.71. The molecule has 17 heavy (non-hydrogen) atoms. The Morgan fingerprint density at radius 2 is 2.24 bits per heavy atom. The second kappa shape index (κ2) is 4.51. The van der Waals surface area contributed by atoms with Crippen LogP contribution < -0.4 is 5.73 Å². The molecule has 2 unspecified atom stereocenters. The highest BCUT2D eigenvalue weighted by Gasteiger charge is 2.21. The van der Waals surface area contributed by atoms with Gasteiger partial charge in [0.15, 0.2) is 0 Å². The van der Waals surface area contributed by atoms with Crippen LogP contribution in [0.4, 0.5) is 0 Å².